The van der Waals surface area contributed by atoms with Gasteiger partial charge in [-0.2, -0.15) is 0 Å². The lowest BCUT2D eigenvalue weighted by atomic mass is 9.81. The molecule has 170 valence electrons. The second kappa shape index (κ2) is 9.40. The van der Waals surface area contributed by atoms with Crippen LogP contribution in [0.15, 0.2) is 75.9 Å². The summed E-state index contributed by atoms with van der Waals surface area (Å²) in [5, 5.41) is 5.57. The number of para-hydroxylation sites is 2. The minimum Gasteiger partial charge on any atom is -0.469 e. The molecule has 0 radical (unpaired) electrons. The molecule has 3 heterocycles. The highest BCUT2D eigenvalue weighted by molar-refractivity contribution is 7.10. The van der Waals surface area contributed by atoms with Gasteiger partial charge in [-0.25, -0.2) is 0 Å². The van der Waals surface area contributed by atoms with Crippen LogP contribution < -0.4 is 10.2 Å². The van der Waals surface area contributed by atoms with E-state index in [1.165, 1.54) is 0 Å². The van der Waals surface area contributed by atoms with Crippen LogP contribution in [0.1, 0.15) is 68.0 Å². The third-order valence-electron chi connectivity index (χ3n) is 6.51. The summed E-state index contributed by atoms with van der Waals surface area (Å²) in [4.78, 5) is 30.3. The quantitative estimate of drug-likeness (QED) is 0.410. The van der Waals surface area contributed by atoms with Crippen LogP contribution in [0.5, 0.6) is 0 Å². The zero-order chi connectivity index (χ0) is 22.8. The Morgan fingerprint density at radius 3 is 2.76 bits per heavy atom. The third-order valence-corrected chi connectivity index (χ3v) is 7.43. The number of benzene rings is 1. The molecule has 2 atom stereocenters. The second-order valence-electron chi connectivity index (χ2n) is 8.72. The molecule has 0 saturated carbocycles. The highest BCUT2D eigenvalue weighted by Gasteiger charge is 2.42. The maximum absolute atomic E-state index is 13.7. The van der Waals surface area contributed by atoms with Crippen molar-refractivity contribution in [1.82, 2.24) is 0 Å². The number of thiophene rings is 1. The highest BCUT2D eigenvalue weighted by Crippen LogP contribution is 2.48. The normalized spacial score (nSPS) is 20.2. The van der Waals surface area contributed by atoms with Gasteiger partial charge in [-0.1, -0.05) is 38.0 Å². The molecule has 1 aliphatic carbocycles. The van der Waals surface area contributed by atoms with Crippen LogP contribution in [0.4, 0.5) is 11.4 Å². The lowest BCUT2D eigenvalue weighted by molar-refractivity contribution is -0.119. The van der Waals surface area contributed by atoms with Crippen molar-refractivity contribution >= 4 is 34.4 Å². The zero-order valence-electron chi connectivity index (χ0n) is 18.8. The maximum atomic E-state index is 13.7. The van der Waals surface area contributed by atoms with E-state index in [1.54, 1.807) is 17.6 Å². The number of carbonyl (C=O) groups excluding carboxylic acids is 2. The summed E-state index contributed by atoms with van der Waals surface area (Å²) in [6, 6.07) is 15.3. The molecule has 1 N–H and O–H groups in total. The predicted octanol–water partition coefficient (Wildman–Crippen LogP) is 6.82. The summed E-state index contributed by atoms with van der Waals surface area (Å²) in [7, 11) is 0. The molecular formula is C27H28N2O3S. The zero-order valence-corrected chi connectivity index (χ0v) is 19.6. The number of furan rings is 1. The molecule has 0 fully saturated rings. The van der Waals surface area contributed by atoms with Gasteiger partial charge in [0, 0.05) is 34.9 Å². The first-order chi connectivity index (χ1) is 16.2. The van der Waals surface area contributed by atoms with Crippen LogP contribution in [0, 0.1) is 0 Å². The molecule has 0 spiro atoms. The third kappa shape index (κ3) is 4.15. The molecule has 0 bridgehead atoms. The number of nitrogens with one attached hydrogen (secondary N) is 1. The monoisotopic (exact) mass is 460 g/mol. The average Bonchev–Trinajstić information content (AvgIpc) is 3.51. The first kappa shape index (κ1) is 21.7. The van der Waals surface area contributed by atoms with Crippen molar-refractivity contribution in [1.29, 1.82) is 0 Å². The number of carbonyl (C=O) groups is 2. The van der Waals surface area contributed by atoms with Gasteiger partial charge in [0.1, 0.15) is 11.8 Å². The molecule has 0 unspecified atom stereocenters. The summed E-state index contributed by atoms with van der Waals surface area (Å²) in [5.74, 6) is 0.949. The SMILES string of the molecule is CCCCCC(=O)N1c2ccccc2NC2=C(C(=O)C[C@@H](c3ccco3)C2)[C@H]1c1cccs1. The summed E-state index contributed by atoms with van der Waals surface area (Å²) in [5.41, 5.74) is 3.29. The molecule has 2 aromatic heterocycles. The van der Waals surface area contributed by atoms with E-state index in [0.717, 1.165) is 47.0 Å². The van der Waals surface area contributed by atoms with Gasteiger partial charge in [0.2, 0.25) is 5.91 Å². The van der Waals surface area contributed by atoms with E-state index < -0.39 is 6.04 Å². The fourth-order valence-corrected chi connectivity index (χ4v) is 5.78. The van der Waals surface area contributed by atoms with E-state index >= 15 is 0 Å². The van der Waals surface area contributed by atoms with Crippen molar-refractivity contribution in [3.05, 3.63) is 82.1 Å². The summed E-state index contributed by atoms with van der Waals surface area (Å²) in [6.45, 7) is 2.14. The maximum Gasteiger partial charge on any atom is 0.227 e. The van der Waals surface area contributed by atoms with E-state index in [1.807, 2.05) is 58.8 Å². The number of unbranched alkanes of at least 4 members (excludes halogenated alkanes) is 2. The van der Waals surface area contributed by atoms with Crippen molar-refractivity contribution < 1.29 is 14.0 Å². The molecule has 3 aromatic rings. The van der Waals surface area contributed by atoms with Crippen LogP contribution in [0.25, 0.3) is 0 Å². The Labute approximate surface area is 198 Å². The number of hydrogen-bond acceptors (Lipinski definition) is 5. The molecule has 0 saturated heterocycles. The van der Waals surface area contributed by atoms with Crippen LogP contribution in [-0.4, -0.2) is 11.7 Å². The Bertz CT molecular complexity index is 1160. The topological polar surface area (TPSA) is 62.6 Å². The fourth-order valence-electron chi connectivity index (χ4n) is 4.95. The number of ketones is 1. The number of anilines is 2. The highest BCUT2D eigenvalue weighted by atomic mass is 32.1. The van der Waals surface area contributed by atoms with Crippen molar-refractivity contribution in [3.8, 4) is 0 Å². The van der Waals surface area contributed by atoms with Crippen molar-refractivity contribution in [2.75, 3.05) is 10.2 Å². The molecule has 5 rings (SSSR count). The van der Waals surface area contributed by atoms with Crippen LogP contribution in [-0.2, 0) is 9.59 Å². The van der Waals surface area contributed by atoms with Crippen LogP contribution in [0.3, 0.4) is 0 Å². The van der Waals surface area contributed by atoms with E-state index in [2.05, 4.69) is 12.2 Å². The Hall–Kier alpha value is -3.12. The Balaban J connectivity index is 1.64. The van der Waals surface area contributed by atoms with Crippen molar-refractivity contribution in [3.63, 3.8) is 0 Å². The van der Waals surface area contributed by atoms with Gasteiger partial charge in [0.15, 0.2) is 5.78 Å². The molecule has 1 aliphatic heterocycles. The van der Waals surface area contributed by atoms with Crippen LogP contribution >= 0.6 is 11.3 Å². The number of nitrogens with zero attached hydrogens (tertiary/aromatic N) is 1. The standard InChI is InChI=1S/C27H28N2O3S/c1-2-3-4-13-25(31)29-21-10-6-5-9-19(21)28-20-16-18(23-11-7-14-32-23)17-22(30)26(20)27(29)24-12-8-15-33-24/h5-12,14-15,18,27-28H,2-4,13,16-17H2,1H3/t18-,27+/m0/s1. The van der Waals surface area contributed by atoms with E-state index in [4.69, 9.17) is 4.42 Å². The number of rotatable bonds is 6. The van der Waals surface area contributed by atoms with Crippen LogP contribution in [0.2, 0.25) is 0 Å². The molecule has 33 heavy (non-hydrogen) atoms. The van der Waals surface area contributed by atoms with Gasteiger partial charge < -0.3 is 9.73 Å². The average molecular weight is 461 g/mol. The number of hydrogen-bond donors (Lipinski definition) is 1. The molecule has 6 heteroatoms. The summed E-state index contributed by atoms with van der Waals surface area (Å²) < 4.78 is 5.65. The summed E-state index contributed by atoms with van der Waals surface area (Å²) in [6.07, 6.45) is 6.09. The fraction of sp³-hybridized carbons (Fsp3) is 0.333. The smallest absolute Gasteiger partial charge is 0.227 e. The van der Waals surface area contributed by atoms with Crippen molar-refractivity contribution in [2.24, 2.45) is 0 Å². The van der Waals surface area contributed by atoms with Gasteiger partial charge in [0.25, 0.3) is 0 Å². The summed E-state index contributed by atoms with van der Waals surface area (Å²) >= 11 is 1.59. The second-order valence-corrected chi connectivity index (χ2v) is 9.70. The first-order valence-corrected chi connectivity index (χ1v) is 12.6. The number of amides is 1. The number of fused-ring (bicyclic) bond motifs is 1. The van der Waals surface area contributed by atoms with E-state index in [9.17, 15) is 9.59 Å². The largest absolute Gasteiger partial charge is 0.469 e. The van der Waals surface area contributed by atoms with Gasteiger partial charge in [-0.3, -0.25) is 14.5 Å². The van der Waals surface area contributed by atoms with Gasteiger partial charge in [-0.15, -0.1) is 11.3 Å². The molecule has 1 amide bonds. The number of Topliss-reactive ketones (excluding diaryl/α,β-unsaturated/α-hetero) is 1. The molecule has 5 nitrogen and oxygen atoms in total. The van der Waals surface area contributed by atoms with E-state index in [0.29, 0.717) is 24.8 Å². The minimum absolute atomic E-state index is 0.0123. The predicted molar refractivity (Wildman–Crippen MR) is 131 cm³/mol. The lowest BCUT2D eigenvalue weighted by Gasteiger charge is -2.34. The first-order valence-electron chi connectivity index (χ1n) is 11.7. The minimum atomic E-state index is -0.421. The number of allylic oxidation sites excluding steroid dienone is 1. The van der Waals surface area contributed by atoms with Gasteiger partial charge >= 0.3 is 0 Å². The van der Waals surface area contributed by atoms with Crippen molar-refractivity contribution in [2.45, 2.75) is 57.4 Å². The van der Waals surface area contributed by atoms with Gasteiger partial charge in [-0.05, 0) is 48.6 Å². The van der Waals surface area contributed by atoms with Gasteiger partial charge in [0.05, 0.1) is 17.6 Å². The Morgan fingerprint density at radius 2 is 2.00 bits per heavy atom. The molecule has 2 aliphatic rings. The Morgan fingerprint density at radius 1 is 1.12 bits per heavy atom. The Kier molecular flexibility index (Phi) is 6.18. The molecular weight excluding hydrogens is 432 g/mol. The molecule has 1 aromatic carbocycles. The van der Waals surface area contributed by atoms with E-state index in [-0.39, 0.29) is 17.6 Å². The lowest BCUT2D eigenvalue weighted by Crippen LogP contribution is -2.38.